The zero-order valence-corrected chi connectivity index (χ0v) is 13.9. The maximum Gasteiger partial charge on any atom is 0.251 e. The maximum atomic E-state index is 12.4. The lowest BCUT2D eigenvalue weighted by Crippen LogP contribution is -2.33. The Balaban J connectivity index is 2.00. The molecule has 0 aromatic carbocycles. The molecule has 1 aliphatic rings. The number of aromatic nitrogens is 1. The highest BCUT2D eigenvalue weighted by molar-refractivity contribution is 7.99. The minimum Gasteiger partial charge on any atom is -0.373 e. The van der Waals surface area contributed by atoms with E-state index in [0.717, 1.165) is 36.5 Å². The lowest BCUT2D eigenvalue weighted by atomic mass is 10.1. The SMILES string of the molecule is CCSC1CCC(NC(=O)c2cc(CC)nc(NC)c2)C1. The molecule has 1 heterocycles. The summed E-state index contributed by atoms with van der Waals surface area (Å²) in [6.07, 6.45) is 4.22. The number of hydrogen-bond acceptors (Lipinski definition) is 4. The summed E-state index contributed by atoms with van der Waals surface area (Å²) in [5, 5.41) is 6.90. The molecule has 2 rings (SSSR count). The highest BCUT2D eigenvalue weighted by Crippen LogP contribution is 2.29. The number of carbonyl (C=O) groups excluding carboxylic acids is 1. The first kappa shape index (κ1) is 16.1. The molecular formula is C16H25N3OS. The van der Waals surface area contributed by atoms with E-state index in [1.807, 2.05) is 37.9 Å². The summed E-state index contributed by atoms with van der Waals surface area (Å²) < 4.78 is 0. The summed E-state index contributed by atoms with van der Waals surface area (Å²) in [4.78, 5) is 16.9. The standard InChI is InChI=1S/C16H25N3OS/c1-4-12-8-11(9-15(17-3)18-12)16(20)19-13-6-7-14(10-13)21-5-2/h8-9,13-14H,4-7,10H2,1-3H3,(H,17,18)(H,19,20). The number of aryl methyl sites for hydroxylation is 1. The molecule has 5 heteroatoms. The minimum absolute atomic E-state index is 0.0238. The van der Waals surface area contributed by atoms with Crippen molar-refractivity contribution in [3.63, 3.8) is 0 Å². The number of carbonyl (C=O) groups is 1. The third-order valence-electron chi connectivity index (χ3n) is 3.88. The number of thioether (sulfide) groups is 1. The predicted octanol–water partition coefficient (Wildman–Crippen LogP) is 3.09. The quantitative estimate of drug-likeness (QED) is 0.848. The number of hydrogen-bond donors (Lipinski definition) is 2. The molecule has 2 N–H and O–H groups in total. The van der Waals surface area contributed by atoms with Gasteiger partial charge in [-0.1, -0.05) is 13.8 Å². The Morgan fingerprint density at radius 2 is 2.19 bits per heavy atom. The Bertz CT molecular complexity index is 470. The third-order valence-corrected chi connectivity index (χ3v) is 5.11. The fourth-order valence-electron chi connectivity index (χ4n) is 2.76. The van der Waals surface area contributed by atoms with Crippen LogP contribution in [0.4, 0.5) is 5.82 Å². The van der Waals surface area contributed by atoms with E-state index in [2.05, 4.69) is 22.5 Å². The molecule has 0 bridgehead atoms. The molecule has 21 heavy (non-hydrogen) atoms. The Morgan fingerprint density at radius 1 is 1.38 bits per heavy atom. The van der Waals surface area contributed by atoms with Crippen LogP contribution in [0.5, 0.6) is 0 Å². The van der Waals surface area contributed by atoms with Crippen molar-refractivity contribution in [2.75, 3.05) is 18.1 Å². The molecule has 1 aliphatic carbocycles. The van der Waals surface area contributed by atoms with Crippen molar-refractivity contribution in [3.05, 3.63) is 23.4 Å². The Hall–Kier alpha value is -1.23. The molecule has 0 aliphatic heterocycles. The first-order valence-electron chi connectivity index (χ1n) is 7.77. The van der Waals surface area contributed by atoms with Crippen LogP contribution in [0.3, 0.4) is 0 Å². The molecule has 4 nitrogen and oxygen atoms in total. The summed E-state index contributed by atoms with van der Waals surface area (Å²) in [5.74, 6) is 1.93. The molecule has 1 aromatic rings. The summed E-state index contributed by atoms with van der Waals surface area (Å²) in [7, 11) is 1.83. The van der Waals surface area contributed by atoms with Crippen LogP contribution < -0.4 is 10.6 Å². The van der Waals surface area contributed by atoms with Crippen LogP contribution in [0.2, 0.25) is 0 Å². The van der Waals surface area contributed by atoms with Crippen LogP contribution >= 0.6 is 11.8 Å². The second-order valence-electron chi connectivity index (χ2n) is 5.40. The predicted molar refractivity (Wildman–Crippen MR) is 90.2 cm³/mol. The van der Waals surface area contributed by atoms with E-state index in [-0.39, 0.29) is 5.91 Å². The summed E-state index contributed by atoms with van der Waals surface area (Å²) in [6.45, 7) is 4.24. The molecule has 1 fully saturated rings. The lowest BCUT2D eigenvalue weighted by Gasteiger charge is -2.14. The average Bonchev–Trinajstić information content (AvgIpc) is 2.94. The van der Waals surface area contributed by atoms with Crippen molar-refractivity contribution >= 4 is 23.5 Å². The van der Waals surface area contributed by atoms with E-state index in [4.69, 9.17) is 0 Å². The summed E-state index contributed by atoms with van der Waals surface area (Å²) in [5.41, 5.74) is 1.65. The van der Waals surface area contributed by atoms with Crippen molar-refractivity contribution in [3.8, 4) is 0 Å². The number of pyridine rings is 1. The zero-order valence-electron chi connectivity index (χ0n) is 13.1. The molecule has 2 atom stereocenters. The zero-order chi connectivity index (χ0) is 15.2. The summed E-state index contributed by atoms with van der Waals surface area (Å²) >= 11 is 2.01. The Labute approximate surface area is 131 Å². The van der Waals surface area contributed by atoms with E-state index in [1.165, 1.54) is 6.42 Å². The topological polar surface area (TPSA) is 54.0 Å². The lowest BCUT2D eigenvalue weighted by molar-refractivity contribution is 0.0938. The van der Waals surface area contributed by atoms with Gasteiger partial charge in [0.1, 0.15) is 5.82 Å². The molecule has 2 unspecified atom stereocenters. The number of rotatable bonds is 6. The van der Waals surface area contributed by atoms with Gasteiger partial charge in [-0.15, -0.1) is 0 Å². The highest BCUT2D eigenvalue weighted by Gasteiger charge is 2.26. The van der Waals surface area contributed by atoms with Crippen molar-refractivity contribution < 1.29 is 4.79 Å². The second kappa shape index (κ2) is 7.69. The number of nitrogens with one attached hydrogen (secondary N) is 2. The van der Waals surface area contributed by atoms with Gasteiger partial charge in [0.25, 0.3) is 5.91 Å². The van der Waals surface area contributed by atoms with Crippen LogP contribution in [0.15, 0.2) is 12.1 Å². The van der Waals surface area contributed by atoms with Crippen LogP contribution in [-0.4, -0.2) is 35.0 Å². The first-order chi connectivity index (χ1) is 10.2. The van der Waals surface area contributed by atoms with Crippen molar-refractivity contribution in [1.29, 1.82) is 0 Å². The van der Waals surface area contributed by atoms with Gasteiger partial charge in [0.15, 0.2) is 0 Å². The van der Waals surface area contributed by atoms with E-state index >= 15 is 0 Å². The molecule has 0 radical (unpaired) electrons. The van der Waals surface area contributed by atoms with Crippen LogP contribution in [0, 0.1) is 0 Å². The molecule has 1 amide bonds. The van der Waals surface area contributed by atoms with Crippen LogP contribution in [-0.2, 0) is 6.42 Å². The van der Waals surface area contributed by atoms with E-state index < -0.39 is 0 Å². The fraction of sp³-hybridized carbons (Fsp3) is 0.625. The van der Waals surface area contributed by atoms with Gasteiger partial charge < -0.3 is 10.6 Å². The number of nitrogens with zero attached hydrogens (tertiary/aromatic N) is 1. The van der Waals surface area contributed by atoms with Gasteiger partial charge in [0, 0.05) is 29.6 Å². The number of amides is 1. The second-order valence-corrected chi connectivity index (χ2v) is 6.97. The molecule has 1 aromatic heterocycles. The minimum atomic E-state index is 0.0238. The van der Waals surface area contributed by atoms with Gasteiger partial charge >= 0.3 is 0 Å². The van der Waals surface area contributed by atoms with Gasteiger partial charge in [0.05, 0.1) is 0 Å². The normalized spacial score (nSPS) is 21.3. The number of anilines is 1. The smallest absolute Gasteiger partial charge is 0.251 e. The van der Waals surface area contributed by atoms with Gasteiger partial charge in [-0.05, 0) is 43.6 Å². The van der Waals surface area contributed by atoms with Crippen molar-refractivity contribution in [2.45, 2.75) is 50.8 Å². The van der Waals surface area contributed by atoms with E-state index in [1.54, 1.807) is 0 Å². The Kier molecular flexibility index (Phi) is 5.91. The van der Waals surface area contributed by atoms with Gasteiger partial charge in [-0.25, -0.2) is 4.98 Å². The first-order valence-corrected chi connectivity index (χ1v) is 8.82. The van der Waals surface area contributed by atoms with Gasteiger partial charge in [-0.3, -0.25) is 4.79 Å². The molecule has 1 saturated carbocycles. The maximum absolute atomic E-state index is 12.4. The fourth-order valence-corrected chi connectivity index (χ4v) is 3.90. The van der Waals surface area contributed by atoms with Crippen LogP contribution in [0.1, 0.15) is 49.2 Å². The van der Waals surface area contributed by atoms with Gasteiger partial charge in [-0.2, -0.15) is 11.8 Å². The van der Waals surface area contributed by atoms with Crippen LogP contribution in [0.25, 0.3) is 0 Å². The third kappa shape index (κ3) is 4.37. The largest absolute Gasteiger partial charge is 0.373 e. The van der Waals surface area contributed by atoms with E-state index in [0.29, 0.717) is 16.9 Å². The molecule has 116 valence electrons. The monoisotopic (exact) mass is 307 g/mol. The molecule has 0 spiro atoms. The van der Waals surface area contributed by atoms with Crippen molar-refractivity contribution in [1.82, 2.24) is 10.3 Å². The Morgan fingerprint density at radius 3 is 2.86 bits per heavy atom. The molecule has 0 saturated heterocycles. The van der Waals surface area contributed by atoms with Gasteiger partial charge in [0.2, 0.25) is 0 Å². The molecular weight excluding hydrogens is 282 g/mol. The summed E-state index contributed by atoms with van der Waals surface area (Å²) in [6, 6.07) is 4.03. The van der Waals surface area contributed by atoms with Crippen molar-refractivity contribution in [2.24, 2.45) is 0 Å². The highest BCUT2D eigenvalue weighted by atomic mass is 32.2. The van der Waals surface area contributed by atoms with E-state index in [9.17, 15) is 4.79 Å². The average molecular weight is 307 g/mol.